The third-order valence-corrected chi connectivity index (χ3v) is 2.55. The molecule has 0 aliphatic carbocycles. The maximum Gasteiger partial charge on any atom is 0.149 e. The minimum absolute atomic E-state index is 0.357. The predicted molar refractivity (Wildman–Crippen MR) is 72.1 cm³/mol. The summed E-state index contributed by atoms with van der Waals surface area (Å²) < 4.78 is 5.54. The standard InChI is InChI=1S/C15H21NO/c1-4-6-11-17-15-9-7-8-14(12-15)13(3)16-10-5-2/h7-9,12-13,16H,5,10-11H2,1-3H3. The second-order valence-corrected chi connectivity index (χ2v) is 3.96. The number of rotatable bonds is 6. The van der Waals surface area contributed by atoms with Crippen molar-refractivity contribution in [3.05, 3.63) is 29.8 Å². The van der Waals surface area contributed by atoms with Crippen LogP contribution in [0.3, 0.4) is 0 Å². The van der Waals surface area contributed by atoms with E-state index in [9.17, 15) is 0 Å². The lowest BCUT2D eigenvalue weighted by molar-refractivity contribution is 0.369. The summed E-state index contributed by atoms with van der Waals surface area (Å²) in [7, 11) is 0. The van der Waals surface area contributed by atoms with Gasteiger partial charge in [-0.3, -0.25) is 0 Å². The van der Waals surface area contributed by atoms with E-state index >= 15 is 0 Å². The van der Waals surface area contributed by atoms with E-state index in [0.717, 1.165) is 18.7 Å². The normalized spacial score (nSPS) is 11.5. The molecular weight excluding hydrogens is 210 g/mol. The number of nitrogens with one attached hydrogen (secondary N) is 1. The van der Waals surface area contributed by atoms with Gasteiger partial charge in [-0.2, -0.15) is 0 Å². The van der Waals surface area contributed by atoms with Gasteiger partial charge in [-0.25, -0.2) is 0 Å². The lowest BCUT2D eigenvalue weighted by Gasteiger charge is -2.14. The van der Waals surface area contributed by atoms with Gasteiger partial charge in [0.2, 0.25) is 0 Å². The summed E-state index contributed by atoms with van der Waals surface area (Å²) in [6, 6.07) is 8.54. The Kier molecular flexibility index (Phi) is 6.21. The fraction of sp³-hybridized carbons (Fsp3) is 0.467. The number of hydrogen-bond acceptors (Lipinski definition) is 2. The highest BCUT2D eigenvalue weighted by molar-refractivity contribution is 5.30. The van der Waals surface area contributed by atoms with Gasteiger partial charge in [-0.05, 0) is 44.5 Å². The zero-order valence-corrected chi connectivity index (χ0v) is 10.9. The van der Waals surface area contributed by atoms with Crippen molar-refractivity contribution in [2.75, 3.05) is 13.2 Å². The molecule has 0 aliphatic rings. The molecule has 1 aromatic carbocycles. The van der Waals surface area contributed by atoms with E-state index in [0.29, 0.717) is 12.6 Å². The third kappa shape index (κ3) is 4.93. The third-order valence-electron chi connectivity index (χ3n) is 2.55. The molecule has 2 nitrogen and oxygen atoms in total. The van der Waals surface area contributed by atoms with Gasteiger partial charge in [0.05, 0.1) is 0 Å². The molecule has 1 atom stereocenters. The van der Waals surface area contributed by atoms with Crippen molar-refractivity contribution in [2.45, 2.75) is 33.2 Å². The van der Waals surface area contributed by atoms with Crippen molar-refractivity contribution in [3.8, 4) is 17.6 Å². The summed E-state index contributed by atoms with van der Waals surface area (Å²) in [5, 5.41) is 3.46. The van der Waals surface area contributed by atoms with Crippen molar-refractivity contribution >= 4 is 0 Å². The smallest absolute Gasteiger partial charge is 0.149 e. The Hall–Kier alpha value is -1.46. The molecule has 0 saturated carbocycles. The zero-order chi connectivity index (χ0) is 12.5. The molecule has 0 bridgehead atoms. The zero-order valence-electron chi connectivity index (χ0n) is 10.9. The summed E-state index contributed by atoms with van der Waals surface area (Å²) in [4.78, 5) is 0. The van der Waals surface area contributed by atoms with Crippen LogP contribution in [-0.2, 0) is 0 Å². The molecule has 1 aromatic rings. The average molecular weight is 231 g/mol. The Bertz CT molecular complexity index is 389. The highest BCUT2D eigenvalue weighted by Gasteiger charge is 2.04. The minimum Gasteiger partial charge on any atom is -0.481 e. The van der Waals surface area contributed by atoms with Crippen molar-refractivity contribution in [3.63, 3.8) is 0 Å². The number of ether oxygens (including phenoxy) is 1. The molecular formula is C15H21NO. The molecule has 0 heterocycles. The fourth-order valence-electron chi connectivity index (χ4n) is 1.54. The summed E-state index contributed by atoms with van der Waals surface area (Å²) in [6.07, 6.45) is 1.15. The van der Waals surface area contributed by atoms with Gasteiger partial charge in [-0.1, -0.05) is 25.0 Å². The van der Waals surface area contributed by atoms with Crippen LogP contribution < -0.4 is 10.1 Å². The second-order valence-electron chi connectivity index (χ2n) is 3.96. The number of hydrogen-bond donors (Lipinski definition) is 1. The van der Waals surface area contributed by atoms with Gasteiger partial charge in [0.25, 0.3) is 0 Å². The highest BCUT2D eigenvalue weighted by atomic mass is 16.5. The van der Waals surface area contributed by atoms with Crippen LogP contribution in [-0.4, -0.2) is 13.2 Å². The fourth-order valence-corrected chi connectivity index (χ4v) is 1.54. The monoisotopic (exact) mass is 231 g/mol. The summed E-state index contributed by atoms with van der Waals surface area (Å²) in [6.45, 7) is 7.64. The van der Waals surface area contributed by atoms with Crippen molar-refractivity contribution < 1.29 is 4.74 Å². The maximum absolute atomic E-state index is 5.54. The van der Waals surface area contributed by atoms with Crippen molar-refractivity contribution in [2.24, 2.45) is 0 Å². The van der Waals surface area contributed by atoms with Gasteiger partial charge in [0, 0.05) is 6.04 Å². The first-order chi connectivity index (χ1) is 8.27. The number of benzene rings is 1. The van der Waals surface area contributed by atoms with E-state index < -0.39 is 0 Å². The van der Waals surface area contributed by atoms with Crippen LogP contribution in [0.4, 0.5) is 0 Å². The molecule has 17 heavy (non-hydrogen) atoms. The molecule has 1 N–H and O–H groups in total. The minimum atomic E-state index is 0.357. The van der Waals surface area contributed by atoms with E-state index in [1.807, 2.05) is 19.1 Å². The van der Waals surface area contributed by atoms with Gasteiger partial charge < -0.3 is 10.1 Å². The topological polar surface area (TPSA) is 21.3 Å². The first-order valence-electron chi connectivity index (χ1n) is 6.13. The van der Waals surface area contributed by atoms with Gasteiger partial charge >= 0.3 is 0 Å². The van der Waals surface area contributed by atoms with E-state index in [-0.39, 0.29) is 0 Å². The first-order valence-corrected chi connectivity index (χ1v) is 6.13. The Morgan fingerprint density at radius 1 is 1.41 bits per heavy atom. The highest BCUT2D eigenvalue weighted by Crippen LogP contribution is 2.18. The van der Waals surface area contributed by atoms with Gasteiger partial charge in [0.15, 0.2) is 0 Å². The van der Waals surface area contributed by atoms with Crippen LogP contribution in [0.5, 0.6) is 5.75 Å². The van der Waals surface area contributed by atoms with Crippen LogP contribution in [0.15, 0.2) is 24.3 Å². The molecule has 1 rings (SSSR count). The van der Waals surface area contributed by atoms with Crippen LogP contribution in [0.2, 0.25) is 0 Å². The lowest BCUT2D eigenvalue weighted by atomic mass is 10.1. The Labute approximate surface area is 104 Å². The van der Waals surface area contributed by atoms with Crippen LogP contribution in [0.1, 0.15) is 38.8 Å². The molecule has 2 heteroatoms. The quantitative estimate of drug-likeness (QED) is 0.759. The van der Waals surface area contributed by atoms with Gasteiger partial charge in [0.1, 0.15) is 12.4 Å². The van der Waals surface area contributed by atoms with Gasteiger partial charge in [-0.15, -0.1) is 5.92 Å². The van der Waals surface area contributed by atoms with Crippen LogP contribution >= 0.6 is 0 Å². The molecule has 1 unspecified atom stereocenters. The van der Waals surface area contributed by atoms with Crippen molar-refractivity contribution in [1.29, 1.82) is 0 Å². The summed E-state index contributed by atoms with van der Waals surface area (Å²) in [5.41, 5.74) is 1.25. The SMILES string of the molecule is CC#CCOc1cccc(C(C)NCCC)c1. The summed E-state index contributed by atoms with van der Waals surface area (Å²) in [5.74, 6) is 6.59. The van der Waals surface area contributed by atoms with Crippen LogP contribution in [0.25, 0.3) is 0 Å². The molecule has 0 fully saturated rings. The molecule has 0 saturated heterocycles. The Balaban J connectivity index is 2.60. The first kappa shape index (κ1) is 13.6. The van der Waals surface area contributed by atoms with Crippen LogP contribution in [0, 0.1) is 11.8 Å². The van der Waals surface area contributed by atoms with Crippen molar-refractivity contribution in [1.82, 2.24) is 5.32 Å². The second kappa shape index (κ2) is 7.76. The Morgan fingerprint density at radius 2 is 2.24 bits per heavy atom. The largest absolute Gasteiger partial charge is 0.481 e. The van der Waals surface area contributed by atoms with E-state index in [2.05, 4.69) is 43.1 Å². The molecule has 0 aromatic heterocycles. The van der Waals surface area contributed by atoms with E-state index in [1.165, 1.54) is 5.56 Å². The molecule has 0 amide bonds. The average Bonchev–Trinajstić information content (AvgIpc) is 2.36. The van der Waals surface area contributed by atoms with E-state index in [1.54, 1.807) is 0 Å². The molecule has 92 valence electrons. The molecule has 0 spiro atoms. The predicted octanol–water partition coefficient (Wildman–Crippen LogP) is 3.15. The molecule has 0 aliphatic heterocycles. The van der Waals surface area contributed by atoms with E-state index in [4.69, 9.17) is 4.74 Å². The maximum atomic E-state index is 5.54. The lowest BCUT2D eigenvalue weighted by Crippen LogP contribution is -2.19. The Morgan fingerprint density at radius 3 is 2.94 bits per heavy atom. The molecule has 0 radical (unpaired) electrons. The summed E-state index contributed by atoms with van der Waals surface area (Å²) >= 11 is 0.